The summed E-state index contributed by atoms with van der Waals surface area (Å²) in [6.07, 6.45) is 3.36. The number of nitrogens with two attached hydrogens (primary N) is 1. The lowest BCUT2D eigenvalue weighted by atomic mass is 9.98. The molecule has 1 heterocycles. The van der Waals surface area contributed by atoms with Crippen LogP contribution in [0.2, 0.25) is 0 Å². The van der Waals surface area contributed by atoms with Gasteiger partial charge in [-0.2, -0.15) is 0 Å². The molecule has 0 bridgehead atoms. The average Bonchev–Trinajstić information content (AvgIpc) is 2.45. The Balaban J connectivity index is 2.15. The lowest BCUT2D eigenvalue weighted by Crippen LogP contribution is -2.42. The predicted molar refractivity (Wildman–Crippen MR) is 82.2 cm³/mol. The first kappa shape index (κ1) is 14.4. The van der Waals surface area contributed by atoms with Crippen LogP contribution in [-0.4, -0.2) is 36.2 Å². The van der Waals surface area contributed by atoms with Crippen molar-refractivity contribution in [3.05, 3.63) is 35.9 Å². The van der Waals surface area contributed by atoms with Crippen molar-refractivity contribution in [2.24, 2.45) is 5.73 Å². The summed E-state index contributed by atoms with van der Waals surface area (Å²) in [6, 6.07) is 10.8. The second-order valence-corrected chi connectivity index (χ2v) is 5.62. The van der Waals surface area contributed by atoms with Crippen LogP contribution in [0.15, 0.2) is 30.3 Å². The summed E-state index contributed by atoms with van der Waals surface area (Å²) in [5, 5.41) is 0. The van der Waals surface area contributed by atoms with Gasteiger partial charge in [0.1, 0.15) is 0 Å². The first-order valence-electron chi connectivity index (χ1n) is 6.81. The van der Waals surface area contributed by atoms with Crippen molar-refractivity contribution < 1.29 is 4.74 Å². The summed E-state index contributed by atoms with van der Waals surface area (Å²) in [5.41, 5.74) is 7.06. The Morgan fingerprint density at radius 3 is 2.84 bits per heavy atom. The van der Waals surface area contributed by atoms with Gasteiger partial charge < -0.3 is 10.5 Å². The molecule has 4 heteroatoms. The zero-order valence-corrected chi connectivity index (χ0v) is 12.2. The number of methoxy groups -OCH3 is 1. The molecular formula is C15H22N2OS. The second-order valence-electron chi connectivity index (χ2n) is 5.09. The van der Waals surface area contributed by atoms with E-state index in [4.69, 9.17) is 22.7 Å². The van der Waals surface area contributed by atoms with E-state index >= 15 is 0 Å². The maximum Gasteiger partial charge on any atom is 0.0746 e. The van der Waals surface area contributed by atoms with E-state index in [1.807, 2.05) is 6.07 Å². The number of likely N-dealkylation sites (tertiary alicyclic amines) is 1. The third-order valence-corrected chi connectivity index (χ3v) is 3.93. The fourth-order valence-corrected chi connectivity index (χ4v) is 2.92. The topological polar surface area (TPSA) is 38.5 Å². The standard InChI is InChI=1S/C15H22N2OS/c1-18-13-8-5-9-17(11-13)14(10-15(16)19)12-6-3-2-4-7-12/h2-4,6-7,13-14H,5,8-11H2,1H3,(H2,16,19). The molecular weight excluding hydrogens is 256 g/mol. The van der Waals surface area contributed by atoms with Crippen molar-refractivity contribution in [1.82, 2.24) is 4.90 Å². The van der Waals surface area contributed by atoms with Crippen LogP contribution >= 0.6 is 12.2 Å². The molecule has 1 saturated heterocycles. The fraction of sp³-hybridized carbons (Fsp3) is 0.533. The van der Waals surface area contributed by atoms with Gasteiger partial charge in [0, 0.05) is 26.1 Å². The maximum absolute atomic E-state index is 5.78. The van der Waals surface area contributed by atoms with Gasteiger partial charge in [0.05, 0.1) is 11.1 Å². The molecule has 2 N–H and O–H groups in total. The lowest BCUT2D eigenvalue weighted by molar-refractivity contribution is 0.0152. The molecule has 19 heavy (non-hydrogen) atoms. The van der Waals surface area contributed by atoms with Crippen molar-refractivity contribution in [2.75, 3.05) is 20.2 Å². The molecule has 2 unspecified atom stereocenters. The minimum Gasteiger partial charge on any atom is -0.393 e. The van der Waals surface area contributed by atoms with Crippen LogP contribution in [0.25, 0.3) is 0 Å². The van der Waals surface area contributed by atoms with Crippen LogP contribution in [0.1, 0.15) is 30.9 Å². The maximum atomic E-state index is 5.78. The van der Waals surface area contributed by atoms with Crippen LogP contribution in [0.3, 0.4) is 0 Å². The van der Waals surface area contributed by atoms with Gasteiger partial charge in [0.25, 0.3) is 0 Å². The van der Waals surface area contributed by atoms with Gasteiger partial charge in [0.15, 0.2) is 0 Å². The molecule has 3 nitrogen and oxygen atoms in total. The van der Waals surface area contributed by atoms with E-state index < -0.39 is 0 Å². The molecule has 2 atom stereocenters. The number of thiocarbonyl (C=S) groups is 1. The molecule has 1 aliphatic rings. The van der Waals surface area contributed by atoms with Gasteiger partial charge in [-0.15, -0.1) is 0 Å². The van der Waals surface area contributed by atoms with E-state index in [-0.39, 0.29) is 6.04 Å². The Labute approximate surface area is 120 Å². The SMILES string of the molecule is COC1CCCN(C(CC(N)=S)c2ccccc2)C1. The quantitative estimate of drug-likeness (QED) is 0.840. The van der Waals surface area contributed by atoms with E-state index in [1.165, 1.54) is 12.0 Å². The molecule has 104 valence electrons. The number of piperidine rings is 1. The van der Waals surface area contributed by atoms with Crippen molar-refractivity contribution in [3.63, 3.8) is 0 Å². The van der Waals surface area contributed by atoms with Crippen molar-refractivity contribution >= 4 is 17.2 Å². The first-order valence-corrected chi connectivity index (χ1v) is 7.21. The molecule has 1 aliphatic heterocycles. The molecule has 1 aromatic rings. The van der Waals surface area contributed by atoms with Crippen LogP contribution in [0, 0.1) is 0 Å². The van der Waals surface area contributed by atoms with Crippen LogP contribution in [0.5, 0.6) is 0 Å². The van der Waals surface area contributed by atoms with Gasteiger partial charge in [-0.25, -0.2) is 0 Å². The minimum atomic E-state index is 0.275. The monoisotopic (exact) mass is 278 g/mol. The molecule has 0 radical (unpaired) electrons. The highest BCUT2D eigenvalue weighted by molar-refractivity contribution is 7.80. The van der Waals surface area contributed by atoms with E-state index in [0.29, 0.717) is 11.1 Å². The molecule has 0 spiro atoms. The summed E-state index contributed by atoms with van der Waals surface area (Å²) < 4.78 is 5.51. The van der Waals surface area contributed by atoms with Crippen molar-refractivity contribution in [2.45, 2.75) is 31.4 Å². The molecule has 0 aliphatic carbocycles. The highest BCUT2D eigenvalue weighted by Crippen LogP contribution is 2.28. The highest BCUT2D eigenvalue weighted by Gasteiger charge is 2.27. The van der Waals surface area contributed by atoms with Crippen LogP contribution in [0.4, 0.5) is 0 Å². The van der Waals surface area contributed by atoms with E-state index in [9.17, 15) is 0 Å². The van der Waals surface area contributed by atoms with Crippen molar-refractivity contribution in [1.29, 1.82) is 0 Å². The van der Waals surface area contributed by atoms with Gasteiger partial charge in [0.2, 0.25) is 0 Å². The van der Waals surface area contributed by atoms with Crippen molar-refractivity contribution in [3.8, 4) is 0 Å². The summed E-state index contributed by atoms with van der Waals surface area (Å²) in [6.45, 7) is 2.04. The number of rotatable bonds is 5. The van der Waals surface area contributed by atoms with Gasteiger partial charge in [-0.1, -0.05) is 42.5 Å². The lowest BCUT2D eigenvalue weighted by Gasteiger charge is -2.38. The number of hydrogen-bond donors (Lipinski definition) is 1. The smallest absolute Gasteiger partial charge is 0.0746 e. The third kappa shape index (κ3) is 4.00. The normalized spacial score (nSPS) is 22.1. The number of hydrogen-bond acceptors (Lipinski definition) is 3. The third-order valence-electron chi connectivity index (χ3n) is 3.76. The fourth-order valence-electron chi connectivity index (χ4n) is 2.77. The summed E-state index contributed by atoms with van der Waals surface area (Å²) >= 11 is 5.12. The zero-order valence-electron chi connectivity index (χ0n) is 11.4. The zero-order chi connectivity index (χ0) is 13.7. The Morgan fingerprint density at radius 1 is 1.47 bits per heavy atom. The summed E-state index contributed by atoms with van der Waals surface area (Å²) in [7, 11) is 1.79. The Morgan fingerprint density at radius 2 is 2.21 bits per heavy atom. The average molecular weight is 278 g/mol. The number of nitrogens with zero attached hydrogens (tertiary/aromatic N) is 1. The molecule has 1 fully saturated rings. The highest BCUT2D eigenvalue weighted by atomic mass is 32.1. The summed E-state index contributed by atoms with van der Waals surface area (Å²) in [5.74, 6) is 0. The first-order chi connectivity index (χ1) is 9.20. The molecule has 0 saturated carbocycles. The largest absolute Gasteiger partial charge is 0.393 e. The Kier molecular flexibility index (Phi) is 5.31. The molecule has 0 amide bonds. The Bertz CT molecular complexity index is 410. The van der Waals surface area contributed by atoms with E-state index in [2.05, 4.69) is 29.2 Å². The van der Waals surface area contributed by atoms with Gasteiger partial charge in [-0.05, 0) is 24.9 Å². The Hall–Kier alpha value is -0.970. The minimum absolute atomic E-state index is 0.275. The molecule has 0 aromatic heterocycles. The van der Waals surface area contributed by atoms with Gasteiger partial charge in [-0.3, -0.25) is 4.90 Å². The predicted octanol–water partition coefficient (Wildman–Crippen LogP) is 2.51. The second kappa shape index (κ2) is 6.98. The van der Waals surface area contributed by atoms with E-state index in [0.717, 1.165) is 25.9 Å². The van der Waals surface area contributed by atoms with Gasteiger partial charge >= 0.3 is 0 Å². The van der Waals surface area contributed by atoms with Crippen LogP contribution < -0.4 is 5.73 Å². The number of ether oxygens (including phenoxy) is 1. The van der Waals surface area contributed by atoms with Crippen LogP contribution in [-0.2, 0) is 4.74 Å². The van der Waals surface area contributed by atoms with E-state index in [1.54, 1.807) is 7.11 Å². The number of benzene rings is 1. The molecule has 1 aromatic carbocycles. The summed E-state index contributed by atoms with van der Waals surface area (Å²) in [4.78, 5) is 3.03. The molecule has 2 rings (SSSR count).